The summed E-state index contributed by atoms with van der Waals surface area (Å²) in [6.07, 6.45) is 2.31. The maximum Gasteiger partial charge on any atom is 3.00 e. The van der Waals surface area contributed by atoms with E-state index >= 15 is 0 Å². The molecule has 0 aromatic carbocycles. The van der Waals surface area contributed by atoms with E-state index in [1.165, 1.54) is 0 Å². The Hall–Kier alpha value is -1.57. The molecule has 14 heteroatoms. The molecule has 0 aliphatic heterocycles. The first-order chi connectivity index (χ1) is 10.9. The van der Waals surface area contributed by atoms with Gasteiger partial charge >= 0.3 is 71.2 Å². The smallest absolute Gasteiger partial charge is 0.545 e. The minimum absolute atomic E-state index is 0. The first-order valence-corrected chi connectivity index (χ1v) is 5.18. The van der Waals surface area contributed by atoms with E-state index in [0.717, 1.165) is 0 Å². The number of carboxylic acid groups (broad SMARTS) is 6. The molecule has 132 valence electrons. The molecule has 0 unspecified atom stereocenters. The van der Waals surface area contributed by atoms with Gasteiger partial charge in [0.2, 0.25) is 0 Å². The molecule has 0 saturated heterocycles. The zero-order valence-electron chi connectivity index (χ0n) is 12.5. The van der Waals surface area contributed by atoms with E-state index in [2.05, 4.69) is 0 Å². The summed E-state index contributed by atoms with van der Waals surface area (Å²) in [5.41, 5.74) is 0. The summed E-state index contributed by atoms with van der Waals surface area (Å²) in [6, 6.07) is 0. The van der Waals surface area contributed by atoms with Crippen molar-refractivity contribution in [1.29, 1.82) is 0 Å². The Labute approximate surface area is 201 Å². The molecule has 0 saturated carbocycles. The van der Waals surface area contributed by atoms with Crippen LogP contribution in [0.3, 0.4) is 0 Å². The molecule has 0 N–H and O–H groups in total. The van der Waals surface area contributed by atoms with Gasteiger partial charge in [-0.15, -0.1) is 0 Å². The Morgan fingerprint density at radius 3 is 0.462 bits per heavy atom. The van der Waals surface area contributed by atoms with Crippen molar-refractivity contribution in [1.82, 2.24) is 0 Å². The number of aliphatic carboxylic acids is 6. The zero-order valence-corrected chi connectivity index (χ0v) is 19.8. The summed E-state index contributed by atoms with van der Waals surface area (Å²) in [5.74, 6) is -9.28. The van der Waals surface area contributed by atoms with Gasteiger partial charge in [-0.3, -0.25) is 0 Å². The first-order valence-electron chi connectivity index (χ1n) is 5.18. The number of carboxylic acids is 6. The fraction of sp³-hybridized carbons (Fsp3) is 0. The molecular weight excluding hydrogens is 614 g/mol. The third kappa shape index (κ3) is 57.1. The summed E-state index contributed by atoms with van der Waals surface area (Å²) in [7, 11) is 0. The molecule has 0 aliphatic rings. The van der Waals surface area contributed by atoms with Crippen LogP contribution in [0.2, 0.25) is 0 Å². The maximum atomic E-state index is 9.41. The third-order valence-electron chi connectivity index (χ3n) is 1.07. The second kappa shape index (κ2) is 23.4. The largest absolute Gasteiger partial charge is 3.00 e. The Morgan fingerprint density at radius 1 is 0.346 bits per heavy atom. The van der Waals surface area contributed by atoms with Crippen LogP contribution >= 0.6 is 0 Å². The van der Waals surface area contributed by atoms with E-state index in [1.807, 2.05) is 0 Å². The third-order valence-corrected chi connectivity index (χ3v) is 1.07. The maximum absolute atomic E-state index is 9.41. The fourth-order valence-corrected chi connectivity index (χ4v) is 0.408. The molecule has 0 radical (unpaired) electrons. The van der Waals surface area contributed by atoms with E-state index in [1.54, 1.807) is 0 Å². The second-order valence-electron chi connectivity index (χ2n) is 2.91. The van der Waals surface area contributed by atoms with Crippen molar-refractivity contribution < 1.29 is 131 Å². The van der Waals surface area contributed by atoms with Gasteiger partial charge in [-0.05, 0) is 36.5 Å². The first kappa shape index (κ1) is 35.5. The van der Waals surface area contributed by atoms with Crippen LogP contribution in [-0.2, 0) is 28.8 Å². The van der Waals surface area contributed by atoms with Gasteiger partial charge < -0.3 is 59.4 Å². The zero-order chi connectivity index (χ0) is 19.7. The topological polar surface area (TPSA) is 241 Å². The predicted octanol–water partition coefficient (Wildman–Crippen LogP) is -8.87. The molecule has 0 heterocycles. The van der Waals surface area contributed by atoms with Gasteiger partial charge in [0.25, 0.3) is 0 Å². The molecule has 0 rings (SSSR count). The van der Waals surface area contributed by atoms with Gasteiger partial charge in [0.15, 0.2) is 0 Å². The molecule has 0 atom stereocenters. The van der Waals surface area contributed by atoms with Crippen molar-refractivity contribution in [3.63, 3.8) is 0 Å². The van der Waals surface area contributed by atoms with Crippen molar-refractivity contribution in [3.05, 3.63) is 36.5 Å². The van der Waals surface area contributed by atoms with Crippen LogP contribution in [0, 0.1) is 71.2 Å². The van der Waals surface area contributed by atoms with Crippen LogP contribution in [-0.4, -0.2) is 35.8 Å². The summed E-state index contributed by atoms with van der Waals surface area (Å²) < 4.78 is 0. The summed E-state index contributed by atoms with van der Waals surface area (Å²) >= 11 is 0. The molecule has 0 aromatic rings. The van der Waals surface area contributed by atoms with Crippen LogP contribution in [0.5, 0.6) is 0 Å². The summed E-state index contributed by atoms with van der Waals surface area (Å²) in [6.45, 7) is 0. The average molecular weight is 620 g/mol. The Morgan fingerprint density at radius 2 is 0.423 bits per heavy atom. The predicted molar refractivity (Wildman–Crippen MR) is 57.5 cm³/mol. The van der Waals surface area contributed by atoms with E-state index in [9.17, 15) is 59.4 Å². The fourth-order valence-electron chi connectivity index (χ4n) is 0.408. The monoisotopic (exact) mass is 620 g/mol. The quantitative estimate of drug-likeness (QED) is 0.252. The average Bonchev–Trinajstić information content (AvgIpc) is 2.42. The van der Waals surface area contributed by atoms with Crippen LogP contribution in [0.25, 0.3) is 0 Å². The van der Waals surface area contributed by atoms with Gasteiger partial charge in [-0.25, -0.2) is 0 Å². The molecule has 0 amide bonds. The number of rotatable bonds is 6. The van der Waals surface area contributed by atoms with Crippen LogP contribution < -0.4 is 30.6 Å². The molecule has 26 heavy (non-hydrogen) atoms. The van der Waals surface area contributed by atoms with E-state index in [0.29, 0.717) is 36.5 Å². The Balaban J connectivity index is -0.0000000817. The van der Waals surface area contributed by atoms with Crippen LogP contribution in [0.15, 0.2) is 36.5 Å². The Bertz CT molecular complexity index is 448. The van der Waals surface area contributed by atoms with Gasteiger partial charge in [0, 0.05) is 0 Å². The minimum Gasteiger partial charge on any atom is -0.545 e. The molecule has 12 nitrogen and oxygen atoms in total. The number of carbonyl (C=O) groups excluding carboxylic acids is 6. The molecular formula is C12H6La2O12. The molecule has 0 bridgehead atoms. The van der Waals surface area contributed by atoms with Crippen LogP contribution in [0.4, 0.5) is 0 Å². The van der Waals surface area contributed by atoms with Crippen LogP contribution in [0.1, 0.15) is 0 Å². The van der Waals surface area contributed by atoms with Gasteiger partial charge in [0.05, 0.1) is 35.8 Å². The number of hydrogen-bond donors (Lipinski definition) is 0. The number of hydrogen-bond acceptors (Lipinski definition) is 12. The minimum atomic E-state index is -1.55. The van der Waals surface area contributed by atoms with Crippen molar-refractivity contribution >= 4 is 35.8 Å². The van der Waals surface area contributed by atoms with Crippen molar-refractivity contribution in [2.75, 3.05) is 0 Å². The van der Waals surface area contributed by atoms with Crippen molar-refractivity contribution in [3.8, 4) is 0 Å². The second-order valence-corrected chi connectivity index (χ2v) is 2.91. The van der Waals surface area contributed by atoms with Crippen molar-refractivity contribution in [2.24, 2.45) is 0 Å². The molecule has 0 fully saturated rings. The summed E-state index contributed by atoms with van der Waals surface area (Å²) in [5, 5.41) is 56.5. The van der Waals surface area contributed by atoms with E-state index < -0.39 is 35.8 Å². The normalized spacial score (nSPS) is 8.77. The molecule has 0 spiro atoms. The number of carbonyl (C=O) groups is 6. The van der Waals surface area contributed by atoms with E-state index in [4.69, 9.17) is 0 Å². The SMILES string of the molecule is O=C([O-])C=CC(=O)[O-].O=C([O-])C=CC(=O)[O-].O=C([O-])C=CC(=O)[O-].[La+3].[La+3]. The summed E-state index contributed by atoms with van der Waals surface area (Å²) in [4.78, 5) is 56.5. The van der Waals surface area contributed by atoms with Gasteiger partial charge in [-0.2, -0.15) is 0 Å². The van der Waals surface area contributed by atoms with Gasteiger partial charge in [-0.1, -0.05) is 0 Å². The standard InChI is InChI=1S/3C4H4O4.2La/c3*5-3(6)1-2-4(7)8;;/h3*1-2H,(H,5,6)(H,7,8);;/q;;;2*+3/p-6. The molecule has 0 aliphatic carbocycles. The molecule has 0 aromatic heterocycles. The Kier molecular flexibility index (Phi) is 32.0. The van der Waals surface area contributed by atoms with E-state index in [-0.39, 0.29) is 71.2 Å². The van der Waals surface area contributed by atoms with Gasteiger partial charge in [0.1, 0.15) is 0 Å². The van der Waals surface area contributed by atoms with Crippen molar-refractivity contribution in [2.45, 2.75) is 0 Å².